The Morgan fingerprint density at radius 1 is 1.14 bits per heavy atom. The quantitative estimate of drug-likeness (QED) is 0.589. The van der Waals surface area contributed by atoms with Crippen LogP contribution in [0, 0.1) is 13.8 Å². The van der Waals surface area contributed by atoms with Crippen molar-refractivity contribution in [1.29, 1.82) is 0 Å². The Hall–Kier alpha value is -2.88. The molecule has 22 heavy (non-hydrogen) atoms. The van der Waals surface area contributed by atoms with Gasteiger partial charge in [0.2, 0.25) is 0 Å². The number of hydrogen-bond acceptors (Lipinski definition) is 3. The number of aryl methyl sites for hydroxylation is 2. The molecule has 2 aromatic carbocycles. The summed E-state index contributed by atoms with van der Waals surface area (Å²) in [6.45, 7) is 3.57. The van der Waals surface area contributed by atoms with Crippen molar-refractivity contribution in [2.75, 3.05) is 0 Å². The van der Waals surface area contributed by atoms with Crippen LogP contribution in [0.25, 0.3) is 10.8 Å². The van der Waals surface area contributed by atoms with E-state index in [1.165, 1.54) is 0 Å². The van der Waals surface area contributed by atoms with Crippen molar-refractivity contribution in [3.05, 3.63) is 71.2 Å². The average molecular weight is 292 g/mol. The van der Waals surface area contributed by atoms with E-state index in [1.54, 1.807) is 19.2 Å². The average Bonchev–Trinajstić information content (AvgIpc) is 2.86. The van der Waals surface area contributed by atoms with Crippen molar-refractivity contribution < 1.29 is 9.21 Å². The Morgan fingerprint density at radius 2 is 1.91 bits per heavy atom. The number of benzene rings is 2. The molecule has 4 heteroatoms. The van der Waals surface area contributed by atoms with Gasteiger partial charge in [-0.25, -0.2) is 5.43 Å². The SMILES string of the molecule is Cc1cc(C(=O)NN=Cc2cccc3ccccc23)c(C)o1. The van der Waals surface area contributed by atoms with Gasteiger partial charge in [0.25, 0.3) is 5.91 Å². The van der Waals surface area contributed by atoms with Crippen molar-refractivity contribution >= 4 is 22.9 Å². The van der Waals surface area contributed by atoms with E-state index in [9.17, 15) is 4.79 Å². The number of carbonyl (C=O) groups excluding carboxylic acids is 1. The van der Waals surface area contributed by atoms with E-state index in [-0.39, 0.29) is 5.91 Å². The first-order chi connectivity index (χ1) is 10.6. The van der Waals surface area contributed by atoms with E-state index < -0.39 is 0 Å². The number of nitrogens with one attached hydrogen (secondary N) is 1. The Balaban J connectivity index is 1.79. The Bertz CT molecular complexity index is 857. The summed E-state index contributed by atoms with van der Waals surface area (Å²) in [5, 5.41) is 6.29. The summed E-state index contributed by atoms with van der Waals surface area (Å²) in [6.07, 6.45) is 1.66. The van der Waals surface area contributed by atoms with Crippen LogP contribution >= 0.6 is 0 Å². The molecule has 0 aliphatic heterocycles. The highest BCUT2D eigenvalue weighted by Crippen LogP contribution is 2.17. The van der Waals surface area contributed by atoms with E-state index in [0.29, 0.717) is 17.1 Å². The van der Waals surface area contributed by atoms with E-state index in [2.05, 4.69) is 10.5 Å². The molecule has 0 spiro atoms. The molecule has 3 aromatic rings. The first kappa shape index (κ1) is 14.1. The predicted molar refractivity (Wildman–Crippen MR) is 87.2 cm³/mol. The van der Waals surface area contributed by atoms with Gasteiger partial charge in [-0.1, -0.05) is 42.5 Å². The fraction of sp³-hybridized carbons (Fsp3) is 0.111. The monoisotopic (exact) mass is 292 g/mol. The highest BCUT2D eigenvalue weighted by molar-refractivity contribution is 6.00. The van der Waals surface area contributed by atoms with Crippen LogP contribution in [0.2, 0.25) is 0 Å². The highest BCUT2D eigenvalue weighted by atomic mass is 16.3. The van der Waals surface area contributed by atoms with E-state index in [4.69, 9.17) is 4.42 Å². The lowest BCUT2D eigenvalue weighted by atomic mass is 10.1. The molecule has 0 aliphatic rings. The van der Waals surface area contributed by atoms with Gasteiger partial charge in [0.05, 0.1) is 11.8 Å². The topological polar surface area (TPSA) is 54.6 Å². The second-order valence-corrected chi connectivity index (χ2v) is 5.09. The molecule has 0 radical (unpaired) electrons. The van der Waals surface area contributed by atoms with Gasteiger partial charge >= 0.3 is 0 Å². The van der Waals surface area contributed by atoms with Crippen molar-refractivity contribution in [2.24, 2.45) is 5.10 Å². The van der Waals surface area contributed by atoms with Crippen LogP contribution in [-0.2, 0) is 0 Å². The summed E-state index contributed by atoms with van der Waals surface area (Å²) in [4.78, 5) is 12.0. The normalized spacial score (nSPS) is 11.2. The minimum absolute atomic E-state index is 0.272. The number of nitrogens with zero attached hydrogens (tertiary/aromatic N) is 1. The molecule has 3 rings (SSSR count). The minimum Gasteiger partial charge on any atom is -0.466 e. The van der Waals surface area contributed by atoms with Gasteiger partial charge in [-0.05, 0) is 30.7 Å². The molecule has 1 aromatic heterocycles. The number of carbonyl (C=O) groups is 1. The van der Waals surface area contributed by atoms with Crippen LogP contribution in [0.1, 0.15) is 27.4 Å². The number of furan rings is 1. The maximum Gasteiger partial charge on any atom is 0.274 e. The van der Waals surface area contributed by atoms with Gasteiger partial charge in [0.15, 0.2) is 0 Å². The summed E-state index contributed by atoms with van der Waals surface area (Å²) in [6, 6.07) is 15.7. The fourth-order valence-electron chi connectivity index (χ4n) is 2.44. The molecule has 0 bridgehead atoms. The zero-order valence-electron chi connectivity index (χ0n) is 12.5. The lowest BCUT2D eigenvalue weighted by molar-refractivity contribution is 0.0953. The smallest absolute Gasteiger partial charge is 0.274 e. The van der Waals surface area contributed by atoms with Gasteiger partial charge in [-0.3, -0.25) is 4.79 Å². The third-order valence-electron chi connectivity index (χ3n) is 3.48. The molecule has 1 amide bonds. The van der Waals surface area contributed by atoms with Crippen LogP contribution in [0.5, 0.6) is 0 Å². The standard InChI is InChI=1S/C18H16N2O2/c1-12-10-17(13(2)22-12)18(21)20-19-11-15-8-5-7-14-6-3-4-9-16(14)15/h3-11H,1-2H3,(H,20,21). The first-order valence-electron chi connectivity index (χ1n) is 7.03. The van der Waals surface area contributed by atoms with Crippen molar-refractivity contribution in [2.45, 2.75) is 13.8 Å². The Morgan fingerprint density at radius 3 is 2.68 bits per heavy atom. The summed E-state index contributed by atoms with van der Waals surface area (Å²) in [7, 11) is 0. The number of hydrogen-bond donors (Lipinski definition) is 1. The molecular weight excluding hydrogens is 276 g/mol. The van der Waals surface area contributed by atoms with Crippen molar-refractivity contribution in [3.8, 4) is 0 Å². The van der Waals surface area contributed by atoms with Gasteiger partial charge in [0, 0.05) is 5.56 Å². The summed E-state index contributed by atoms with van der Waals surface area (Å²) < 4.78 is 5.35. The van der Waals surface area contributed by atoms with E-state index in [1.807, 2.05) is 49.4 Å². The molecule has 0 aliphatic carbocycles. The maximum absolute atomic E-state index is 12.0. The molecule has 1 N–H and O–H groups in total. The van der Waals surface area contributed by atoms with Gasteiger partial charge in [0.1, 0.15) is 11.5 Å². The van der Waals surface area contributed by atoms with E-state index >= 15 is 0 Å². The molecule has 0 atom stereocenters. The van der Waals surface area contributed by atoms with Crippen molar-refractivity contribution in [1.82, 2.24) is 5.43 Å². The maximum atomic E-state index is 12.0. The van der Waals surface area contributed by atoms with Crippen molar-refractivity contribution in [3.63, 3.8) is 0 Å². The lowest BCUT2D eigenvalue weighted by Crippen LogP contribution is -2.17. The summed E-state index contributed by atoms with van der Waals surface area (Å²) in [5.74, 6) is 1.03. The molecular formula is C18H16N2O2. The zero-order valence-corrected chi connectivity index (χ0v) is 12.5. The van der Waals surface area contributed by atoms with Crippen LogP contribution in [-0.4, -0.2) is 12.1 Å². The second-order valence-electron chi connectivity index (χ2n) is 5.09. The Labute approximate surface area is 128 Å². The number of hydrazone groups is 1. The summed E-state index contributed by atoms with van der Waals surface area (Å²) in [5.41, 5.74) is 4.00. The lowest BCUT2D eigenvalue weighted by Gasteiger charge is -2.01. The third kappa shape index (κ3) is 2.76. The predicted octanol–water partition coefficient (Wildman–Crippen LogP) is 3.81. The molecule has 1 heterocycles. The fourth-order valence-corrected chi connectivity index (χ4v) is 2.44. The molecule has 110 valence electrons. The molecule has 0 unspecified atom stereocenters. The van der Waals surface area contributed by atoms with Gasteiger partial charge in [-0.15, -0.1) is 0 Å². The second kappa shape index (κ2) is 5.85. The molecule has 0 saturated heterocycles. The van der Waals surface area contributed by atoms with Crippen LogP contribution in [0.4, 0.5) is 0 Å². The Kier molecular flexibility index (Phi) is 3.74. The number of rotatable bonds is 3. The zero-order chi connectivity index (χ0) is 15.5. The number of fused-ring (bicyclic) bond motifs is 1. The van der Waals surface area contributed by atoms with Crippen LogP contribution < -0.4 is 5.43 Å². The minimum atomic E-state index is -0.272. The molecule has 4 nitrogen and oxygen atoms in total. The van der Waals surface area contributed by atoms with Crippen LogP contribution in [0.3, 0.4) is 0 Å². The first-order valence-corrected chi connectivity index (χ1v) is 7.03. The third-order valence-corrected chi connectivity index (χ3v) is 3.48. The highest BCUT2D eigenvalue weighted by Gasteiger charge is 2.12. The van der Waals surface area contributed by atoms with E-state index in [0.717, 1.165) is 16.3 Å². The van der Waals surface area contributed by atoms with Gasteiger partial charge < -0.3 is 4.42 Å². The molecule has 0 fully saturated rings. The largest absolute Gasteiger partial charge is 0.466 e. The molecule has 0 saturated carbocycles. The van der Waals surface area contributed by atoms with Crippen LogP contribution in [0.15, 0.2) is 58.0 Å². The summed E-state index contributed by atoms with van der Waals surface area (Å²) >= 11 is 0. The van der Waals surface area contributed by atoms with Gasteiger partial charge in [-0.2, -0.15) is 5.10 Å². The number of amides is 1.